The molecule has 3 nitrogen and oxygen atoms in total. The summed E-state index contributed by atoms with van der Waals surface area (Å²) in [6.45, 7) is 2.45. The van der Waals surface area contributed by atoms with Gasteiger partial charge in [0.05, 0.1) is 6.26 Å². The maximum atomic E-state index is 11.4. The highest BCUT2D eigenvalue weighted by Gasteiger charge is 2.13. The molecule has 96 valence electrons. The molecule has 2 rings (SSSR count). The van der Waals surface area contributed by atoms with Crippen LogP contribution >= 0.6 is 0 Å². The molecule has 0 unspecified atom stereocenters. The van der Waals surface area contributed by atoms with Gasteiger partial charge in [0.1, 0.15) is 0 Å². The van der Waals surface area contributed by atoms with Gasteiger partial charge in [-0.3, -0.25) is 0 Å². The predicted molar refractivity (Wildman–Crippen MR) is 75.0 cm³/mol. The smallest absolute Gasteiger partial charge is 0.211 e. The van der Waals surface area contributed by atoms with Crippen LogP contribution in [0.1, 0.15) is 11.1 Å². The highest BCUT2D eigenvalue weighted by molar-refractivity contribution is 7.88. The Morgan fingerprint density at radius 3 is 2.44 bits per heavy atom. The average Bonchev–Trinajstić information content (AvgIpc) is 2.32. The number of sulfonamides is 1. The van der Waals surface area contributed by atoms with E-state index in [4.69, 9.17) is 0 Å². The lowest BCUT2D eigenvalue weighted by Gasteiger charge is -2.16. The van der Waals surface area contributed by atoms with Crippen LogP contribution in [0.25, 0.3) is 10.8 Å². The molecule has 0 aliphatic heterocycles. The van der Waals surface area contributed by atoms with E-state index in [9.17, 15) is 8.42 Å². The van der Waals surface area contributed by atoms with Crippen LogP contribution in [-0.2, 0) is 16.6 Å². The van der Waals surface area contributed by atoms with Crippen molar-refractivity contribution in [2.45, 2.75) is 13.5 Å². The second-order valence-corrected chi connectivity index (χ2v) is 6.68. The lowest BCUT2D eigenvalue weighted by Crippen LogP contribution is -2.25. The third-order valence-electron chi connectivity index (χ3n) is 3.27. The molecule has 0 fully saturated rings. The Bertz CT molecular complexity index is 677. The van der Waals surface area contributed by atoms with Gasteiger partial charge >= 0.3 is 0 Å². The minimum atomic E-state index is -3.14. The van der Waals surface area contributed by atoms with Crippen molar-refractivity contribution >= 4 is 20.8 Å². The largest absolute Gasteiger partial charge is 0.213 e. The number of benzene rings is 2. The van der Waals surface area contributed by atoms with E-state index in [-0.39, 0.29) is 0 Å². The van der Waals surface area contributed by atoms with Gasteiger partial charge < -0.3 is 0 Å². The summed E-state index contributed by atoms with van der Waals surface area (Å²) in [6.07, 6.45) is 1.23. The van der Waals surface area contributed by atoms with Gasteiger partial charge in [-0.25, -0.2) is 12.7 Å². The van der Waals surface area contributed by atoms with E-state index in [2.05, 4.69) is 12.1 Å². The molecule has 0 aromatic heterocycles. The second-order valence-electron chi connectivity index (χ2n) is 4.59. The molecule has 0 amide bonds. The van der Waals surface area contributed by atoms with Gasteiger partial charge in [-0.15, -0.1) is 0 Å². The van der Waals surface area contributed by atoms with Crippen molar-refractivity contribution in [1.29, 1.82) is 0 Å². The lowest BCUT2D eigenvalue weighted by atomic mass is 10.0. The van der Waals surface area contributed by atoms with Crippen LogP contribution in [-0.4, -0.2) is 26.0 Å². The quantitative estimate of drug-likeness (QED) is 0.853. The summed E-state index contributed by atoms with van der Waals surface area (Å²) in [4.78, 5) is 0. The predicted octanol–water partition coefficient (Wildman–Crippen LogP) is 2.54. The van der Waals surface area contributed by atoms with Crippen molar-refractivity contribution in [3.05, 3.63) is 47.5 Å². The SMILES string of the molecule is Cc1c(CN(C)S(C)(=O)=O)ccc2ccccc12. The first-order chi connectivity index (χ1) is 8.39. The Morgan fingerprint density at radius 1 is 1.11 bits per heavy atom. The topological polar surface area (TPSA) is 37.4 Å². The monoisotopic (exact) mass is 263 g/mol. The van der Waals surface area contributed by atoms with Crippen LogP contribution in [0, 0.1) is 6.92 Å². The van der Waals surface area contributed by atoms with E-state index in [1.165, 1.54) is 21.3 Å². The fraction of sp³-hybridized carbons (Fsp3) is 0.286. The highest BCUT2D eigenvalue weighted by atomic mass is 32.2. The van der Waals surface area contributed by atoms with Crippen molar-refractivity contribution in [3.63, 3.8) is 0 Å². The third-order valence-corrected chi connectivity index (χ3v) is 4.53. The average molecular weight is 263 g/mol. The number of hydrogen-bond acceptors (Lipinski definition) is 2. The van der Waals surface area contributed by atoms with Crippen molar-refractivity contribution < 1.29 is 8.42 Å². The van der Waals surface area contributed by atoms with Crippen molar-refractivity contribution in [3.8, 4) is 0 Å². The molecule has 2 aromatic carbocycles. The molecular formula is C14H17NO2S. The van der Waals surface area contributed by atoms with E-state index < -0.39 is 10.0 Å². The molecule has 0 atom stereocenters. The minimum absolute atomic E-state index is 0.412. The maximum absolute atomic E-state index is 11.4. The molecular weight excluding hydrogens is 246 g/mol. The Hall–Kier alpha value is -1.39. The summed E-state index contributed by atoms with van der Waals surface area (Å²) in [6, 6.07) is 12.2. The summed E-state index contributed by atoms with van der Waals surface area (Å²) in [5, 5.41) is 2.36. The van der Waals surface area contributed by atoms with Crippen LogP contribution in [0.2, 0.25) is 0 Å². The first kappa shape index (κ1) is 13.1. The third kappa shape index (κ3) is 2.54. The number of hydrogen-bond donors (Lipinski definition) is 0. The normalized spacial score (nSPS) is 12.2. The Kier molecular flexibility index (Phi) is 3.41. The fourth-order valence-electron chi connectivity index (χ4n) is 2.00. The molecule has 2 aromatic rings. The number of rotatable bonds is 3. The standard InChI is InChI=1S/C14H17NO2S/c1-11-13(10-15(2)18(3,16)17)9-8-12-6-4-5-7-14(11)12/h4-9H,10H2,1-3H3. The fourth-order valence-corrected chi connectivity index (χ4v) is 2.37. The van der Waals surface area contributed by atoms with Gasteiger partial charge in [0, 0.05) is 13.6 Å². The number of fused-ring (bicyclic) bond motifs is 1. The molecule has 0 radical (unpaired) electrons. The zero-order valence-electron chi connectivity index (χ0n) is 10.8. The first-order valence-corrected chi connectivity index (χ1v) is 7.63. The molecule has 0 N–H and O–H groups in total. The van der Waals surface area contributed by atoms with Gasteiger partial charge in [0.25, 0.3) is 0 Å². The Morgan fingerprint density at radius 2 is 1.78 bits per heavy atom. The Balaban J connectivity index is 2.44. The highest BCUT2D eigenvalue weighted by Crippen LogP contribution is 2.22. The zero-order valence-corrected chi connectivity index (χ0v) is 11.7. The summed E-state index contributed by atoms with van der Waals surface area (Å²) < 4.78 is 24.2. The minimum Gasteiger partial charge on any atom is -0.213 e. The van der Waals surface area contributed by atoms with E-state index in [0.29, 0.717) is 6.54 Å². The molecule has 4 heteroatoms. The van der Waals surface area contributed by atoms with E-state index in [1.807, 2.05) is 31.2 Å². The van der Waals surface area contributed by atoms with Gasteiger partial charge in [-0.1, -0.05) is 36.4 Å². The van der Waals surface area contributed by atoms with Crippen molar-refractivity contribution in [1.82, 2.24) is 4.31 Å². The second kappa shape index (κ2) is 4.71. The van der Waals surface area contributed by atoms with Crippen molar-refractivity contribution in [2.75, 3.05) is 13.3 Å². The number of nitrogens with zero attached hydrogens (tertiary/aromatic N) is 1. The summed E-state index contributed by atoms with van der Waals surface area (Å²) >= 11 is 0. The van der Waals surface area contributed by atoms with Crippen molar-refractivity contribution in [2.24, 2.45) is 0 Å². The van der Waals surface area contributed by atoms with Crippen LogP contribution in [0.3, 0.4) is 0 Å². The summed E-state index contributed by atoms with van der Waals surface area (Å²) in [7, 11) is -1.54. The molecule has 0 aliphatic carbocycles. The molecule has 0 spiro atoms. The molecule has 0 saturated carbocycles. The molecule has 0 bridgehead atoms. The molecule has 18 heavy (non-hydrogen) atoms. The van der Waals surface area contributed by atoms with Gasteiger partial charge in [0.2, 0.25) is 10.0 Å². The van der Waals surface area contributed by atoms with Crippen LogP contribution in [0.4, 0.5) is 0 Å². The lowest BCUT2D eigenvalue weighted by molar-refractivity contribution is 0.471. The van der Waals surface area contributed by atoms with Crippen LogP contribution in [0.5, 0.6) is 0 Å². The van der Waals surface area contributed by atoms with E-state index in [1.54, 1.807) is 7.05 Å². The van der Waals surface area contributed by atoms with E-state index >= 15 is 0 Å². The van der Waals surface area contributed by atoms with E-state index in [0.717, 1.165) is 11.1 Å². The Labute approximate surface area is 108 Å². The molecule has 0 heterocycles. The van der Waals surface area contributed by atoms with Gasteiger partial charge in [0.15, 0.2) is 0 Å². The van der Waals surface area contributed by atoms with Gasteiger partial charge in [-0.2, -0.15) is 0 Å². The zero-order chi connectivity index (χ0) is 13.3. The maximum Gasteiger partial charge on any atom is 0.211 e. The summed E-state index contributed by atoms with van der Waals surface area (Å²) in [5.41, 5.74) is 2.19. The van der Waals surface area contributed by atoms with Crippen LogP contribution in [0.15, 0.2) is 36.4 Å². The van der Waals surface area contributed by atoms with Gasteiger partial charge in [-0.05, 0) is 28.8 Å². The summed E-state index contributed by atoms with van der Waals surface area (Å²) in [5.74, 6) is 0. The number of aryl methyl sites for hydroxylation is 1. The molecule has 0 saturated heterocycles. The first-order valence-electron chi connectivity index (χ1n) is 5.78. The van der Waals surface area contributed by atoms with Crippen LogP contribution < -0.4 is 0 Å². The molecule has 0 aliphatic rings.